The maximum atomic E-state index is 10.7. The molecule has 0 saturated heterocycles. The van der Waals surface area contributed by atoms with Crippen LogP contribution in [0.1, 0.15) is 31.2 Å². The van der Waals surface area contributed by atoms with Gasteiger partial charge < -0.3 is 9.67 Å². The van der Waals surface area contributed by atoms with Crippen molar-refractivity contribution in [2.75, 3.05) is 5.75 Å². The molecular formula is C12H17N5O2S. The lowest BCUT2D eigenvalue weighted by Crippen LogP contribution is -2.08. The van der Waals surface area contributed by atoms with Crippen molar-refractivity contribution in [3.05, 3.63) is 23.8 Å². The number of aliphatic carboxylic acids is 1. The topological polar surface area (TPSA) is 85.8 Å². The van der Waals surface area contributed by atoms with Crippen molar-refractivity contribution in [2.24, 2.45) is 7.05 Å². The zero-order valence-corrected chi connectivity index (χ0v) is 12.5. The van der Waals surface area contributed by atoms with E-state index in [1.807, 2.05) is 31.7 Å². The molecule has 0 spiro atoms. The fraction of sp³-hybridized carbons (Fsp3) is 0.500. The number of hydrogen-bond acceptors (Lipinski definition) is 5. The summed E-state index contributed by atoms with van der Waals surface area (Å²) >= 11 is 1.18. The fourth-order valence-electron chi connectivity index (χ4n) is 1.84. The van der Waals surface area contributed by atoms with Crippen molar-refractivity contribution in [1.82, 2.24) is 24.5 Å². The summed E-state index contributed by atoms with van der Waals surface area (Å²) in [4.78, 5) is 10.7. The van der Waals surface area contributed by atoms with Crippen LogP contribution in [0.25, 0.3) is 0 Å². The summed E-state index contributed by atoms with van der Waals surface area (Å²) in [6.07, 6.45) is 3.71. The molecule has 0 aromatic carbocycles. The molecule has 0 bridgehead atoms. The van der Waals surface area contributed by atoms with Gasteiger partial charge in [0.2, 0.25) is 0 Å². The maximum Gasteiger partial charge on any atom is 0.313 e. The highest BCUT2D eigenvalue weighted by Gasteiger charge is 2.17. The minimum atomic E-state index is -0.864. The molecule has 0 radical (unpaired) electrons. The molecule has 2 rings (SSSR count). The minimum absolute atomic E-state index is 0.0245. The van der Waals surface area contributed by atoms with E-state index in [4.69, 9.17) is 5.11 Å². The first-order valence-electron chi connectivity index (χ1n) is 6.22. The number of aromatic nitrogens is 5. The van der Waals surface area contributed by atoms with Gasteiger partial charge in [0.25, 0.3) is 0 Å². The molecule has 0 aliphatic rings. The number of carboxylic acids is 1. The van der Waals surface area contributed by atoms with Crippen molar-refractivity contribution in [3.8, 4) is 0 Å². The largest absolute Gasteiger partial charge is 0.481 e. The van der Waals surface area contributed by atoms with Gasteiger partial charge in [-0.1, -0.05) is 25.6 Å². The second-order valence-corrected chi connectivity index (χ2v) is 5.73. The standard InChI is InChI=1S/C12H17N5O2S/c1-8(2)11-14-15-12(20-7-10(18)19)17(11)6-9-4-13-16(3)5-9/h4-5,8H,6-7H2,1-3H3,(H,18,19). The van der Waals surface area contributed by atoms with E-state index in [2.05, 4.69) is 15.3 Å². The van der Waals surface area contributed by atoms with E-state index in [-0.39, 0.29) is 11.7 Å². The van der Waals surface area contributed by atoms with E-state index in [1.54, 1.807) is 10.9 Å². The molecule has 20 heavy (non-hydrogen) atoms. The van der Waals surface area contributed by atoms with Crippen molar-refractivity contribution in [2.45, 2.75) is 31.5 Å². The van der Waals surface area contributed by atoms with Crippen LogP contribution in [0.5, 0.6) is 0 Å². The SMILES string of the molecule is CC(C)c1nnc(SCC(=O)O)n1Cc1cnn(C)c1. The van der Waals surface area contributed by atoms with Crippen LogP contribution in [0.15, 0.2) is 17.6 Å². The van der Waals surface area contributed by atoms with Crippen LogP contribution in [-0.4, -0.2) is 41.4 Å². The summed E-state index contributed by atoms with van der Waals surface area (Å²) in [5, 5.41) is 21.8. The van der Waals surface area contributed by atoms with Crippen LogP contribution in [0.2, 0.25) is 0 Å². The predicted molar refractivity (Wildman–Crippen MR) is 74.8 cm³/mol. The second-order valence-electron chi connectivity index (χ2n) is 4.79. The molecule has 7 nitrogen and oxygen atoms in total. The normalized spacial score (nSPS) is 11.2. The highest BCUT2D eigenvalue weighted by atomic mass is 32.2. The molecule has 8 heteroatoms. The lowest BCUT2D eigenvalue weighted by Gasteiger charge is -2.10. The van der Waals surface area contributed by atoms with Crippen molar-refractivity contribution in [3.63, 3.8) is 0 Å². The van der Waals surface area contributed by atoms with E-state index in [9.17, 15) is 4.79 Å². The predicted octanol–water partition coefficient (Wildman–Crippen LogP) is 1.36. The van der Waals surface area contributed by atoms with Crippen LogP contribution in [0, 0.1) is 0 Å². The molecule has 108 valence electrons. The van der Waals surface area contributed by atoms with Gasteiger partial charge in [0.15, 0.2) is 5.16 Å². The van der Waals surface area contributed by atoms with Gasteiger partial charge in [0.1, 0.15) is 5.82 Å². The first-order chi connectivity index (χ1) is 9.47. The van der Waals surface area contributed by atoms with Gasteiger partial charge in [-0.2, -0.15) is 5.10 Å². The second kappa shape index (κ2) is 6.08. The third-order valence-electron chi connectivity index (χ3n) is 2.69. The molecule has 0 amide bonds. The van der Waals surface area contributed by atoms with E-state index < -0.39 is 5.97 Å². The number of nitrogens with zero attached hydrogens (tertiary/aromatic N) is 5. The Hall–Kier alpha value is -1.83. The smallest absolute Gasteiger partial charge is 0.313 e. The summed E-state index contributed by atoms with van der Waals surface area (Å²) < 4.78 is 3.69. The Labute approximate surface area is 121 Å². The Bertz CT molecular complexity index is 605. The number of rotatable bonds is 6. The van der Waals surface area contributed by atoms with Crippen molar-refractivity contribution >= 4 is 17.7 Å². The Morgan fingerprint density at radius 2 is 2.20 bits per heavy atom. The number of hydrogen-bond donors (Lipinski definition) is 1. The summed E-state index contributed by atoms with van der Waals surface area (Å²) in [6.45, 7) is 4.67. The van der Waals surface area contributed by atoms with Crippen LogP contribution in [0.3, 0.4) is 0 Å². The zero-order valence-electron chi connectivity index (χ0n) is 11.6. The van der Waals surface area contributed by atoms with Gasteiger partial charge in [0, 0.05) is 24.7 Å². The Balaban J connectivity index is 2.26. The van der Waals surface area contributed by atoms with Crippen LogP contribution >= 0.6 is 11.8 Å². The third kappa shape index (κ3) is 3.38. The molecule has 0 fully saturated rings. The van der Waals surface area contributed by atoms with Gasteiger partial charge in [-0.05, 0) is 0 Å². The average molecular weight is 295 g/mol. The molecule has 1 N–H and O–H groups in total. The fourth-order valence-corrected chi connectivity index (χ4v) is 2.51. The molecule has 0 saturated carbocycles. The van der Waals surface area contributed by atoms with Gasteiger partial charge in [-0.3, -0.25) is 9.48 Å². The number of carbonyl (C=O) groups is 1. The minimum Gasteiger partial charge on any atom is -0.481 e. The number of carboxylic acid groups (broad SMARTS) is 1. The molecule has 0 aliphatic carbocycles. The van der Waals surface area contributed by atoms with Gasteiger partial charge in [0.05, 0.1) is 18.5 Å². The lowest BCUT2D eigenvalue weighted by molar-refractivity contribution is -0.133. The number of aryl methyl sites for hydroxylation is 1. The monoisotopic (exact) mass is 295 g/mol. The third-order valence-corrected chi connectivity index (χ3v) is 3.64. The quantitative estimate of drug-likeness (QED) is 0.810. The first kappa shape index (κ1) is 14.6. The summed E-state index contributed by atoms with van der Waals surface area (Å²) in [7, 11) is 1.86. The maximum absolute atomic E-state index is 10.7. The van der Waals surface area contributed by atoms with Crippen LogP contribution < -0.4 is 0 Å². The van der Waals surface area contributed by atoms with Gasteiger partial charge >= 0.3 is 5.97 Å². The number of thioether (sulfide) groups is 1. The Morgan fingerprint density at radius 3 is 2.75 bits per heavy atom. The highest BCUT2D eigenvalue weighted by Crippen LogP contribution is 2.22. The molecule has 0 atom stereocenters. The highest BCUT2D eigenvalue weighted by molar-refractivity contribution is 7.99. The first-order valence-corrected chi connectivity index (χ1v) is 7.21. The van der Waals surface area contributed by atoms with Gasteiger partial charge in [-0.25, -0.2) is 0 Å². The lowest BCUT2D eigenvalue weighted by atomic mass is 10.2. The van der Waals surface area contributed by atoms with Crippen LogP contribution in [-0.2, 0) is 18.4 Å². The van der Waals surface area contributed by atoms with E-state index in [0.717, 1.165) is 11.4 Å². The summed E-state index contributed by atoms with van der Waals surface area (Å²) in [5.74, 6) is 0.181. The molecular weight excluding hydrogens is 278 g/mol. The Kier molecular flexibility index (Phi) is 4.43. The molecule has 0 unspecified atom stereocenters. The average Bonchev–Trinajstić information content (AvgIpc) is 2.94. The molecule has 2 aromatic heterocycles. The van der Waals surface area contributed by atoms with Crippen molar-refractivity contribution in [1.29, 1.82) is 0 Å². The summed E-state index contributed by atoms with van der Waals surface area (Å²) in [6, 6.07) is 0. The zero-order chi connectivity index (χ0) is 14.7. The summed E-state index contributed by atoms with van der Waals surface area (Å²) in [5.41, 5.74) is 1.03. The Morgan fingerprint density at radius 1 is 1.45 bits per heavy atom. The van der Waals surface area contributed by atoms with Gasteiger partial charge in [-0.15, -0.1) is 10.2 Å². The molecule has 0 aliphatic heterocycles. The van der Waals surface area contributed by atoms with E-state index in [0.29, 0.717) is 11.7 Å². The van der Waals surface area contributed by atoms with E-state index >= 15 is 0 Å². The van der Waals surface area contributed by atoms with E-state index in [1.165, 1.54) is 11.8 Å². The van der Waals surface area contributed by atoms with Crippen molar-refractivity contribution < 1.29 is 9.90 Å². The molecule has 2 aromatic rings. The van der Waals surface area contributed by atoms with Crippen LogP contribution in [0.4, 0.5) is 0 Å². The molecule has 2 heterocycles.